The summed E-state index contributed by atoms with van der Waals surface area (Å²) >= 11 is 0. The number of phenolic OH excluding ortho intramolecular Hbond substituents is 1. The summed E-state index contributed by atoms with van der Waals surface area (Å²) in [6.45, 7) is 8.12. The van der Waals surface area contributed by atoms with Crippen molar-refractivity contribution in [3.8, 4) is 17.0 Å². The van der Waals surface area contributed by atoms with Gasteiger partial charge in [0, 0.05) is 18.7 Å². The number of aromatic hydroxyl groups is 1. The van der Waals surface area contributed by atoms with Crippen LogP contribution in [0.4, 0.5) is 0 Å². The van der Waals surface area contributed by atoms with E-state index >= 15 is 0 Å². The number of hydrogen-bond acceptors (Lipinski definition) is 3. The number of hydrogen-bond donors (Lipinski definition) is 1. The summed E-state index contributed by atoms with van der Waals surface area (Å²) in [7, 11) is 0. The molecule has 2 saturated carbocycles. The molecule has 0 bridgehead atoms. The minimum atomic E-state index is 0.0266. The van der Waals surface area contributed by atoms with Gasteiger partial charge in [0.15, 0.2) is 0 Å². The predicted octanol–water partition coefficient (Wildman–Crippen LogP) is 4.23. The van der Waals surface area contributed by atoms with Gasteiger partial charge in [-0.3, -0.25) is 4.79 Å². The van der Waals surface area contributed by atoms with Crippen LogP contribution in [0.2, 0.25) is 0 Å². The lowest BCUT2D eigenvalue weighted by Gasteiger charge is -2.35. The lowest BCUT2D eigenvalue weighted by molar-refractivity contribution is 0.0775. The van der Waals surface area contributed by atoms with Crippen LogP contribution in [0, 0.1) is 35.5 Å². The number of pyridine rings is 1. The lowest BCUT2D eigenvalue weighted by Crippen LogP contribution is -2.33. The summed E-state index contributed by atoms with van der Waals surface area (Å²) in [4.78, 5) is 19.9. The number of carbonyl (C=O) groups excluding carboxylic acids is 1. The van der Waals surface area contributed by atoms with E-state index in [-0.39, 0.29) is 11.7 Å². The second kappa shape index (κ2) is 6.47. The van der Waals surface area contributed by atoms with E-state index in [0.29, 0.717) is 29.4 Å². The lowest BCUT2D eigenvalue weighted by atomic mass is 9.69. The highest BCUT2D eigenvalue weighted by molar-refractivity contribution is 5.93. The largest absolute Gasteiger partial charge is 0.508 e. The molecule has 4 nitrogen and oxygen atoms in total. The molecule has 2 heterocycles. The Morgan fingerprint density at radius 1 is 1.11 bits per heavy atom. The zero-order valence-electron chi connectivity index (χ0n) is 16.2. The van der Waals surface area contributed by atoms with Crippen molar-refractivity contribution in [3.05, 3.63) is 60.8 Å². The Bertz CT molecular complexity index is 922. The minimum absolute atomic E-state index is 0.0266. The number of rotatable bonds is 3. The Labute approximate surface area is 165 Å². The van der Waals surface area contributed by atoms with Gasteiger partial charge in [0.1, 0.15) is 11.4 Å². The third-order valence-electron chi connectivity index (χ3n) is 7.33. The number of amides is 1. The van der Waals surface area contributed by atoms with Crippen LogP contribution in [0.15, 0.2) is 55.1 Å². The van der Waals surface area contributed by atoms with Crippen LogP contribution in [-0.4, -0.2) is 34.0 Å². The predicted molar refractivity (Wildman–Crippen MR) is 109 cm³/mol. The van der Waals surface area contributed by atoms with Crippen molar-refractivity contribution < 1.29 is 9.90 Å². The fourth-order valence-electron chi connectivity index (χ4n) is 5.76. The Morgan fingerprint density at radius 2 is 1.86 bits per heavy atom. The molecule has 4 heteroatoms. The van der Waals surface area contributed by atoms with Gasteiger partial charge in [-0.05, 0) is 78.3 Å². The molecule has 0 spiro atoms. The molecular weight excluding hydrogens is 348 g/mol. The molecule has 3 fully saturated rings. The molecule has 5 rings (SSSR count). The molecule has 3 aliphatic rings. The quantitative estimate of drug-likeness (QED) is 0.818. The van der Waals surface area contributed by atoms with E-state index in [0.717, 1.165) is 36.2 Å². The molecule has 1 aliphatic heterocycles. The molecular formula is C24H26N2O2. The third-order valence-corrected chi connectivity index (χ3v) is 7.33. The third kappa shape index (κ3) is 2.74. The second-order valence-electron chi connectivity index (χ2n) is 8.73. The van der Waals surface area contributed by atoms with Crippen LogP contribution >= 0.6 is 0 Å². The SMILES string of the molecule is C=CC1C2CC2C(C)C2CN(C(=O)c3cccc(-c4ccc(O)cc4)n3)CC12. The van der Waals surface area contributed by atoms with Crippen molar-refractivity contribution in [2.24, 2.45) is 35.5 Å². The van der Waals surface area contributed by atoms with Crippen LogP contribution in [0.5, 0.6) is 5.75 Å². The molecule has 28 heavy (non-hydrogen) atoms. The van der Waals surface area contributed by atoms with E-state index in [1.807, 2.05) is 29.2 Å². The molecule has 1 amide bonds. The molecule has 0 radical (unpaired) electrons. The Kier molecular flexibility index (Phi) is 4.04. The fraction of sp³-hybridized carbons (Fsp3) is 0.417. The van der Waals surface area contributed by atoms with Crippen LogP contribution in [-0.2, 0) is 0 Å². The molecule has 6 atom stereocenters. The summed E-state index contributed by atoms with van der Waals surface area (Å²) in [5.41, 5.74) is 2.14. The molecule has 1 aromatic heterocycles. The number of benzene rings is 1. The Balaban J connectivity index is 1.38. The van der Waals surface area contributed by atoms with Gasteiger partial charge >= 0.3 is 0 Å². The zero-order chi connectivity index (χ0) is 19.4. The van der Waals surface area contributed by atoms with E-state index in [1.165, 1.54) is 6.42 Å². The van der Waals surface area contributed by atoms with Crippen molar-refractivity contribution >= 4 is 5.91 Å². The summed E-state index contributed by atoms with van der Waals surface area (Å²) in [5, 5.41) is 9.49. The summed E-state index contributed by atoms with van der Waals surface area (Å²) in [5.74, 6) is 4.24. The van der Waals surface area contributed by atoms with Gasteiger partial charge in [-0.2, -0.15) is 0 Å². The Hall–Kier alpha value is -2.62. The van der Waals surface area contributed by atoms with Gasteiger partial charge < -0.3 is 10.0 Å². The van der Waals surface area contributed by atoms with Gasteiger partial charge in [-0.25, -0.2) is 4.98 Å². The topological polar surface area (TPSA) is 53.4 Å². The maximum Gasteiger partial charge on any atom is 0.272 e. The first-order valence-electron chi connectivity index (χ1n) is 10.2. The van der Waals surface area contributed by atoms with E-state index in [9.17, 15) is 9.90 Å². The van der Waals surface area contributed by atoms with E-state index in [2.05, 4.69) is 24.6 Å². The van der Waals surface area contributed by atoms with Crippen molar-refractivity contribution in [3.63, 3.8) is 0 Å². The normalized spacial score (nSPS) is 33.1. The maximum atomic E-state index is 13.2. The number of likely N-dealkylation sites (tertiary alicyclic amines) is 1. The molecule has 1 N–H and O–H groups in total. The highest BCUT2D eigenvalue weighted by Crippen LogP contribution is 2.61. The second-order valence-corrected chi connectivity index (χ2v) is 8.73. The first-order valence-corrected chi connectivity index (χ1v) is 10.2. The van der Waals surface area contributed by atoms with Crippen molar-refractivity contribution in [1.29, 1.82) is 0 Å². The summed E-state index contributed by atoms with van der Waals surface area (Å²) in [6.07, 6.45) is 3.49. The first kappa shape index (κ1) is 17.5. The smallest absolute Gasteiger partial charge is 0.272 e. The van der Waals surface area contributed by atoms with E-state index < -0.39 is 0 Å². The molecule has 6 unspecified atom stereocenters. The molecule has 1 saturated heterocycles. The standard InChI is InChI=1S/C24H26N2O2/c1-3-17-19-11-18(19)14(2)20-12-26(13-21(17)20)24(28)23-6-4-5-22(25-23)15-7-9-16(27)10-8-15/h3-10,14,17-21,27H,1,11-13H2,2H3. The fourth-order valence-corrected chi connectivity index (χ4v) is 5.76. The number of fused-ring (bicyclic) bond motifs is 2. The maximum absolute atomic E-state index is 13.2. The Morgan fingerprint density at radius 3 is 2.61 bits per heavy atom. The first-order chi connectivity index (χ1) is 13.6. The highest BCUT2D eigenvalue weighted by Gasteiger charge is 2.58. The minimum Gasteiger partial charge on any atom is -0.508 e. The van der Waals surface area contributed by atoms with Gasteiger partial charge in [-0.15, -0.1) is 6.58 Å². The zero-order valence-corrected chi connectivity index (χ0v) is 16.2. The monoisotopic (exact) mass is 374 g/mol. The summed E-state index contributed by atoms with van der Waals surface area (Å²) < 4.78 is 0. The molecule has 1 aromatic carbocycles. The number of nitrogens with zero attached hydrogens (tertiary/aromatic N) is 2. The van der Waals surface area contributed by atoms with Crippen LogP contribution in [0.25, 0.3) is 11.3 Å². The van der Waals surface area contributed by atoms with Crippen molar-refractivity contribution in [2.75, 3.05) is 13.1 Å². The molecule has 2 aromatic rings. The average Bonchev–Trinajstić information content (AvgIpc) is 3.39. The van der Waals surface area contributed by atoms with Gasteiger partial charge in [0.05, 0.1) is 5.69 Å². The van der Waals surface area contributed by atoms with Crippen molar-refractivity contribution in [2.45, 2.75) is 13.3 Å². The number of allylic oxidation sites excluding steroid dienone is 1. The van der Waals surface area contributed by atoms with Crippen molar-refractivity contribution in [1.82, 2.24) is 9.88 Å². The van der Waals surface area contributed by atoms with Gasteiger partial charge in [0.25, 0.3) is 5.91 Å². The number of aromatic nitrogens is 1. The molecule has 144 valence electrons. The van der Waals surface area contributed by atoms with E-state index in [1.54, 1.807) is 18.2 Å². The van der Waals surface area contributed by atoms with Crippen LogP contribution in [0.3, 0.4) is 0 Å². The van der Waals surface area contributed by atoms with Crippen LogP contribution in [0.1, 0.15) is 23.8 Å². The molecule has 2 aliphatic carbocycles. The number of phenols is 1. The van der Waals surface area contributed by atoms with Gasteiger partial charge in [-0.1, -0.05) is 19.1 Å². The highest BCUT2D eigenvalue weighted by atomic mass is 16.3. The van der Waals surface area contributed by atoms with Gasteiger partial charge in [0.2, 0.25) is 0 Å². The van der Waals surface area contributed by atoms with Crippen LogP contribution < -0.4 is 0 Å². The summed E-state index contributed by atoms with van der Waals surface area (Å²) in [6, 6.07) is 12.5. The average molecular weight is 374 g/mol. The number of carbonyl (C=O) groups is 1. The van der Waals surface area contributed by atoms with E-state index in [4.69, 9.17) is 0 Å².